The third-order valence-electron chi connectivity index (χ3n) is 5.60. The third kappa shape index (κ3) is 4.39. The van der Waals surface area contributed by atoms with Crippen molar-refractivity contribution < 1.29 is 9.59 Å². The number of piperidine rings is 2. The van der Waals surface area contributed by atoms with E-state index < -0.39 is 0 Å². The number of amides is 2. The monoisotopic (exact) mass is 343 g/mol. The summed E-state index contributed by atoms with van der Waals surface area (Å²) in [4.78, 5) is 33.1. The van der Waals surface area contributed by atoms with E-state index in [4.69, 9.17) is 0 Å². The minimum atomic E-state index is 0.235. The fraction of sp³-hybridized carbons (Fsp3) is 0.650. The highest BCUT2D eigenvalue weighted by molar-refractivity contribution is 5.78. The molecule has 25 heavy (non-hydrogen) atoms. The Bertz CT molecular complexity index is 590. The molecule has 0 spiro atoms. The van der Waals surface area contributed by atoms with Gasteiger partial charge in [0.2, 0.25) is 11.8 Å². The Balaban J connectivity index is 1.53. The highest BCUT2D eigenvalue weighted by Gasteiger charge is 2.39. The van der Waals surface area contributed by atoms with E-state index >= 15 is 0 Å². The quantitative estimate of drug-likeness (QED) is 0.798. The van der Waals surface area contributed by atoms with Crippen LogP contribution in [0.25, 0.3) is 0 Å². The van der Waals surface area contributed by atoms with Crippen molar-refractivity contribution in [3.63, 3.8) is 0 Å². The van der Waals surface area contributed by atoms with E-state index in [1.165, 1.54) is 0 Å². The third-order valence-corrected chi connectivity index (χ3v) is 5.60. The van der Waals surface area contributed by atoms with Gasteiger partial charge in [0.1, 0.15) is 0 Å². The Morgan fingerprint density at radius 2 is 2.24 bits per heavy atom. The summed E-state index contributed by atoms with van der Waals surface area (Å²) in [5, 5.41) is 0. The smallest absolute Gasteiger partial charge is 0.222 e. The van der Waals surface area contributed by atoms with Gasteiger partial charge in [-0.2, -0.15) is 0 Å². The Hall–Kier alpha value is -1.91. The fourth-order valence-corrected chi connectivity index (χ4v) is 4.15. The molecule has 0 N–H and O–H groups in total. The largest absolute Gasteiger partial charge is 0.342 e. The summed E-state index contributed by atoms with van der Waals surface area (Å²) >= 11 is 0. The molecule has 2 saturated heterocycles. The lowest BCUT2D eigenvalue weighted by Crippen LogP contribution is -2.57. The van der Waals surface area contributed by atoms with Gasteiger partial charge in [-0.15, -0.1) is 0 Å². The van der Waals surface area contributed by atoms with E-state index in [0.29, 0.717) is 30.7 Å². The number of carbonyl (C=O) groups excluding carboxylic acids is 2. The number of aryl methyl sites for hydroxylation is 1. The van der Waals surface area contributed by atoms with Crippen molar-refractivity contribution >= 4 is 11.8 Å². The number of unbranched alkanes of at least 4 members (excludes halogenated alkanes) is 1. The summed E-state index contributed by atoms with van der Waals surface area (Å²) in [5.41, 5.74) is 1.11. The molecule has 2 aliphatic rings. The van der Waals surface area contributed by atoms with Crippen LogP contribution in [0.5, 0.6) is 0 Å². The van der Waals surface area contributed by atoms with Gasteiger partial charge in [-0.3, -0.25) is 14.6 Å². The standard InChI is InChI=1S/C20H29N3O2/c1-2-3-12-23-18-10-13-22(15-17(18)7-9-20(23)25)19(24)8-6-16-5-4-11-21-14-16/h4-5,11,14,17-18H,2-3,6-10,12-13,15H2,1H3/t17-,18+/m0/s1. The molecule has 0 bridgehead atoms. The Labute approximate surface area is 150 Å². The summed E-state index contributed by atoms with van der Waals surface area (Å²) < 4.78 is 0. The molecule has 0 aliphatic carbocycles. The molecular formula is C20H29N3O2. The van der Waals surface area contributed by atoms with Gasteiger partial charge in [-0.25, -0.2) is 0 Å². The minimum absolute atomic E-state index is 0.235. The van der Waals surface area contributed by atoms with Crippen molar-refractivity contribution in [3.05, 3.63) is 30.1 Å². The Kier molecular flexibility index (Phi) is 6.05. The van der Waals surface area contributed by atoms with E-state index in [1.807, 2.05) is 23.2 Å². The Morgan fingerprint density at radius 3 is 3.00 bits per heavy atom. The molecule has 2 amide bonds. The predicted octanol–water partition coefficient (Wildman–Crippen LogP) is 2.65. The number of nitrogens with zero attached hydrogens (tertiary/aromatic N) is 3. The van der Waals surface area contributed by atoms with Gasteiger partial charge >= 0.3 is 0 Å². The van der Waals surface area contributed by atoms with Crippen molar-refractivity contribution in [1.29, 1.82) is 0 Å². The number of pyridine rings is 1. The first-order chi connectivity index (χ1) is 12.2. The van der Waals surface area contributed by atoms with Crippen LogP contribution in [0.3, 0.4) is 0 Å². The van der Waals surface area contributed by atoms with Crippen molar-refractivity contribution in [2.75, 3.05) is 19.6 Å². The molecule has 2 atom stereocenters. The number of aromatic nitrogens is 1. The highest BCUT2D eigenvalue weighted by atomic mass is 16.2. The van der Waals surface area contributed by atoms with Gasteiger partial charge in [0, 0.05) is 50.9 Å². The molecule has 1 aromatic rings. The molecule has 1 aromatic heterocycles. The number of hydrogen-bond donors (Lipinski definition) is 0. The maximum atomic E-state index is 12.6. The fourth-order valence-electron chi connectivity index (χ4n) is 4.15. The van der Waals surface area contributed by atoms with Crippen molar-refractivity contribution in [1.82, 2.24) is 14.8 Å². The second kappa shape index (κ2) is 8.45. The summed E-state index contributed by atoms with van der Waals surface area (Å²) in [6.45, 7) is 4.64. The summed E-state index contributed by atoms with van der Waals surface area (Å²) in [7, 11) is 0. The maximum absolute atomic E-state index is 12.6. The van der Waals surface area contributed by atoms with Gasteiger partial charge < -0.3 is 9.80 Å². The molecule has 5 heteroatoms. The summed E-state index contributed by atoms with van der Waals surface area (Å²) in [5.74, 6) is 0.996. The number of likely N-dealkylation sites (tertiary alicyclic amines) is 2. The first-order valence-electron chi connectivity index (χ1n) is 9.65. The first-order valence-corrected chi connectivity index (χ1v) is 9.65. The molecule has 136 valence electrons. The van der Waals surface area contributed by atoms with Crippen LogP contribution in [-0.4, -0.2) is 52.3 Å². The molecule has 0 aromatic carbocycles. The molecule has 0 unspecified atom stereocenters. The zero-order valence-electron chi connectivity index (χ0n) is 15.2. The molecule has 3 rings (SSSR count). The van der Waals surface area contributed by atoms with Crippen LogP contribution in [0.2, 0.25) is 0 Å². The van der Waals surface area contributed by atoms with Crippen LogP contribution in [0, 0.1) is 5.92 Å². The van der Waals surface area contributed by atoms with Crippen LogP contribution in [0.15, 0.2) is 24.5 Å². The highest BCUT2D eigenvalue weighted by Crippen LogP contribution is 2.31. The Morgan fingerprint density at radius 1 is 1.36 bits per heavy atom. The average molecular weight is 343 g/mol. The molecule has 3 heterocycles. The number of hydrogen-bond acceptors (Lipinski definition) is 3. The van der Waals surface area contributed by atoms with Crippen LogP contribution in [0.1, 0.15) is 51.0 Å². The molecule has 0 saturated carbocycles. The first kappa shape index (κ1) is 17.9. The molecule has 5 nitrogen and oxygen atoms in total. The lowest BCUT2D eigenvalue weighted by atomic mass is 9.83. The van der Waals surface area contributed by atoms with E-state index in [2.05, 4.69) is 16.8 Å². The van der Waals surface area contributed by atoms with Gasteiger partial charge in [-0.05, 0) is 43.2 Å². The van der Waals surface area contributed by atoms with Gasteiger partial charge in [0.15, 0.2) is 0 Å². The zero-order valence-corrected chi connectivity index (χ0v) is 15.2. The van der Waals surface area contributed by atoms with Crippen LogP contribution in [0.4, 0.5) is 0 Å². The number of carbonyl (C=O) groups is 2. The van der Waals surface area contributed by atoms with E-state index in [9.17, 15) is 9.59 Å². The number of rotatable bonds is 6. The molecular weight excluding hydrogens is 314 g/mol. The zero-order chi connectivity index (χ0) is 17.6. The van der Waals surface area contributed by atoms with E-state index in [0.717, 1.165) is 57.3 Å². The van der Waals surface area contributed by atoms with Crippen molar-refractivity contribution in [2.24, 2.45) is 5.92 Å². The van der Waals surface area contributed by atoms with Gasteiger partial charge in [0.25, 0.3) is 0 Å². The van der Waals surface area contributed by atoms with Crippen LogP contribution < -0.4 is 0 Å². The molecule has 2 aliphatic heterocycles. The lowest BCUT2D eigenvalue weighted by Gasteiger charge is -2.47. The van der Waals surface area contributed by atoms with Crippen molar-refractivity contribution in [3.8, 4) is 0 Å². The molecule has 2 fully saturated rings. The van der Waals surface area contributed by atoms with Crippen LogP contribution >= 0.6 is 0 Å². The molecule has 0 radical (unpaired) electrons. The topological polar surface area (TPSA) is 53.5 Å². The second-order valence-corrected chi connectivity index (χ2v) is 7.30. The van der Waals surface area contributed by atoms with E-state index in [1.54, 1.807) is 6.20 Å². The lowest BCUT2D eigenvalue weighted by molar-refractivity contribution is -0.144. The van der Waals surface area contributed by atoms with Gasteiger partial charge in [-0.1, -0.05) is 19.4 Å². The second-order valence-electron chi connectivity index (χ2n) is 7.30. The minimum Gasteiger partial charge on any atom is -0.342 e. The van der Waals surface area contributed by atoms with Crippen LogP contribution in [-0.2, 0) is 16.0 Å². The summed E-state index contributed by atoms with van der Waals surface area (Å²) in [6, 6.07) is 4.27. The predicted molar refractivity (Wildman–Crippen MR) is 96.9 cm³/mol. The SMILES string of the molecule is CCCCN1C(=O)CC[C@H]2CN(C(=O)CCc3cccnc3)CC[C@H]21. The normalized spacial score (nSPS) is 23.5. The maximum Gasteiger partial charge on any atom is 0.222 e. The average Bonchev–Trinajstić information content (AvgIpc) is 2.66. The summed E-state index contributed by atoms with van der Waals surface area (Å²) in [6.07, 6.45) is 9.56. The van der Waals surface area contributed by atoms with Gasteiger partial charge in [0.05, 0.1) is 0 Å². The number of fused-ring (bicyclic) bond motifs is 1. The van der Waals surface area contributed by atoms with E-state index in [-0.39, 0.29) is 5.91 Å². The van der Waals surface area contributed by atoms with Crippen molar-refractivity contribution in [2.45, 2.75) is 57.9 Å².